The van der Waals surface area contributed by atoms with E-state index in [1.807, 2.05) is 44.2 Å². The normalized spacial score (nSPS) is 22.7. The Balaban J connectivity index is 2.30. The lowest BCUT2D eigenvalue weighted by atomic mass is 9.66. The number of hydrogen-bond donors (Lipinski definition) is 3. The molecule has 12 heteroatoms. The van der Waals surface area contributed by atoms with E-state index in [9.17, 15) is 23.7 Å². The zero-order valence-corrected chi connectivity index (χ0v) is 27.5. The molecule has 0 aromatic heterocycles. The van der Waals surface area contributed by atoms with Crippen LogP contribution < -0.4 is 5.32 Å². The fourth-order valence-electron chi connectivity index (χ4n) is 5.75. The molecule has 0 bridgehead atoms. The molecule has 9 nitrogen and oxygen atoms in total. The van der Waals surface area contributed by atoms with Gasteiger partial charge in [0.2, 0.25) is 5.91 Å². The van der Waals surface area contributed by atoms with Gasteiger partial charge in [-0.1, -0.05) is 82.1 Å². The van der Waals surface area contributed by atoms with Crippen LogP contribution in [0, 0.1) is 11.3 Å². The molecule has 2 aromatic rings. The van der Waals surface area contributed by atoms with E-state index in [-0.39, 0.29) is 43.1 Å². The molecule has 1 saturated heterocycles. The molecule has 0 saturated carbocycles. The van der Waals surface area contributed by atoms with Crippen molar-refractivity contribution >= 4 is 50.8 Å². The highest BCUT2D eigenvalue weighted by Gasteiger charge is 2.53. The van der Waals surface area contributed by atoms with Gasteiger partial charge < -0.3 is 20.4 Å². The summed E-state index contributed by atoms with van der Waals surface area (Å²) in [6, 6.07) is 12.4. The molecule has 0 radical (unpaired) electrons. The molecule has 2 aromatic carbocycles. The van der Waals surface area contributed by atoms with E-state index in [1.54, 1.807) is 43.9 Å². The maximum absolute atomic E-state index is 14.6. The smallest absolute Gasteiger partial charge is 0.349 e. The number of aliphatic hydroxyl groups is 1. The first-order chi connectivity index (χ1) is 20.1. The molecular formula is C31H41Cl2N3O6S. The van der Waals surface area contributed by atoms with Crippen LogP contribution in [0.4, 0.5) is 4.79 Å². The van der Waals surface area contributed by atoms with Gasteiger partial charge in [-0.2, -0.15) is 0 Å². The van der Waals surface area contributed by atoms with Crippen LogP contribution in [0.3, 0.4) is 0 Å². The summed E-state index contributed by atoms with van der Waals surface area (Å²) in [5.74, 6) is -2.21. The Morgan fingerprint density at radius 2 is 1.74 bits per heavy atom. The number of nitrogens with one attached hydrogen (secondary N) is 1. The molecule has 1 heterocycles. The third-order valence-electron chi connectivity index (χ3n) is 8.03. The van der Waals surface area contributed by atoms with Gasteiger partial charge in [-0.05, 0) is 47.7 Å². The first kappa shape index (κ1) is 34.8. The number of carbonyl (C=O) groups excluding carboxylic acids is 2. The lowest BCUT2D eigenvalue weighted by Crippen LogP contribution is -2.59. The molecule has 5 atom stereocenters. The average molecular weight is 655 g/mol. The van der Waals surface area contributed by atoms with Gasteiger partial charge in [0.15, 0.2) is 0 Å². The maximum atomic E-state index is 14.6. The van der Waals surface area contributed by atoms with E-state index in [2.05, 4.69) is 9.68 Å². The summed E-state index contributed by atoms with van der Waals surface area (Å²) < 4.78 is 18.5. The molecule has 3 N–H and O–H groups in total. The van der Waals surface area contributed by atoms with E-state index in [1.165, 1.54) is 0 Å². The molecule has 3 amide bonds. The number of piperidine rings is 1. The minimum absolute atomic E-state index is 0.0400. The molecule has 236 valence electrons. The molecule has 1 aliphatic rings. The van der Waals surface area contributed by atoms with E-state index >= 15 is 0 Å². The molecular weight excluding hydrogens is 613 g/mol. The van der Waals surface area contributed by atoms with Crippen molar-refractivity contribution in [3.8, 4) is 0 Å². The number of carbonyl (C=O) groups is 3. The molecule has 43 heavy (non-hydrogen) atoms. The highest BCUT2D eigenvalue weighted by Crippen LogP contribution is 2.52. The van der Waals surface area contributed by atoms with Crippen LogP contribution in [0.2, 0.25) is 10.0 Å². The van der Waals surface area contributed by atoms with Crippen LogP contribution in [0.25, 0.3) is 0 Å². The standard InChI is InChI=1S/C31H41Cl2N3O6S/c1-19(2)26(18-43(42,20(3)4)35-30(41)34-13-14-37)36-28(21-9-11-23(32)12-10-21)25(22-7-6-8-24(33)15-22)16-31(5,29(36)40)17-27(38)39/h6-12,15,19-20,25-26,28,37H,13-14,16-18H2,1-5H3,(H,34,41)(H,38,39)/t25-,26-,28-,31-,43?/m1/s1. The van der Waals surface area contributed by atoms with Gasteiger partial charge >= 0.3 is 12.0 Å². The van der Waals surface area contributed by atoms with Crippen LogP contribution in [-0.2, 0) is 19.3 Å². The third-order valence-corrected chi connectivity index (χ3v) is 11.3. The second kappa shape index (κ2) is 14.4. The van der Waals surface area contributed by atoms with E-state index in [0.29, 0.717) is 10.0 Å². The predicted octanol–water partition coefficient (Wildman–Crippen LogP) is 6.13. The molecule has 1 fully saturated rings. The predicted molar refractivity (Wildman–Crippen MR) is 170 cm³/mol. The number of urea groups is 1. The van der Waals surface area contributed by atoms with Gasteiger partial charge in [-0.3, -0.25) is 9.59 Å². The Morgan fingerprint density at radius 3 is 2.28 bits per heavy atom. The minimum atomic E-state index is -3.23. The van der Waals surface area contributed by atoms with Crippen LogP contribution in [-0.4, -0.2) is 67.4 Å². The Bertz CT molecular complexity index is 1440. The van der Waals surface area contributed by atoms with Crippen molar-refractivity contribution in [2.45, 2.75) is 70.7 Å². The Labute approximate surface area is 264 Å². The van der Waals surface area contributed by atoms with Gasteiger partial charge in [0.1, 0.15) is 0 Å². The first-order valence-electron chi connectivity index (χ1n) is 14.3. The largest absolute Gasteiger partial charge is 0.481 e. The summed E-state index contributed by atoms with van der Waals surface area (Å²) in [5, 5.41) is 21.9. The van der Waals surface area contributed by atoms with E-state index < -0.39 is 50.9 Å². The van der Waals surface area contributed by atoms with Gasteiger partial charge in [0.05, 0.1) is 40.0 Å². The highest BCUT2D eigenvalue weighted by molar-refractivity contribution is 7.94. The van der Waals surface area contributed by atoms with E-state index in [4.69, 9.17) is 28.3 Å². The van der Waals surface area contributed by atoms with Crippen molar-refractivity contribution in [3.63, 3.8) is 0 Å². The number of halogens is 2. The summed E-state index contributed by atoms with van der Waals surface area (Å²) >= 11 is 12.7. The number of rotatable bonds is 11. The summed E-state index contributed by atoms with van der Waals surface area (Å²) in [7, 11) is -3.23. The van der Waals surface area contributed by atoms with Crippen LogP contribution in [0.1, 0.15) is 70.5 Å². The number of benzene rings is 2. The van der Waals surface area contributed by atoms with Gasteiger partial charge in [0, 0.05) is 33.8 Å². The van der Waals surface area contributed by atoms with Gasteiger partial charge in [-0.15, -0.1) is 4.36 Å². The molecule has 0 spiro atoms. The molecule has 0 aliphatic carbocycles. The van der Waals surface area contributed by atoms with E-state index in [0.717, 1.165) is 11.1 Å². The lowest BCUT2D eigenvalue weighted by Gasteiger charge is -2.53. The summed E-state index contributed by atoms with van der Waals surface area (Å²) in [5.41, 5.74) is 0.324. The van der Waals surface area contributed by atoms with Crippen molar-refractivity contribution in [1.82, 2.24) is 10.2 Å². The van der Waals surface area contributed by atoms with Crippen molar-refractivity contribution in [3.05, 3.63) is 69.7 Å². The Hall–Kier alpha value is -2.66. The zero-order chi connectivity index (χ0) is 32.1. The van der Waals surface area contributed by atoms with Crippen molar-refractivity contribution < 1.29 is 28.8 Å². The number of carboxylic acids is 1. The second-order valence-electron chi connectivity index (χ2n) is 12.0. The number of amides is 3. The van der Waals surface area contributed by atoms with Crippen LogP contribution in [0.15, 0.2) is 52.9 Å². The summed E-state index contributed by atoms with van der Waals surface area (Å²) in [6.45, 7) is 8.55. The summed E-state index contributed by atoms with van der Waals surface area (Å²) in [6.07, 6.45) is -0.161. The number of aliphatic carboxylic acids is 1. The topological polar surface area (TPSA) is 136 Å². The SMILES string of the molecule is CC(C)[C@@H](CS(=O)(=NC(=O)NCCO)C(C)C)N1C(=O)[C@@](C)(CC(=O)O)C[C@H](c2cccc(Cl)c2)[C@H]1c1ccc(Cl)cc1. The number of nitrogens with zero attached hydrogens (tertiary/aromatic N) is 2. The average Bonchev–Trinajstić information content (AvgIpc) is 2.92. The van der Waals surface area contributed by atoms with Gasteiger partial charge in [0.25, 0.3) is 0 Å². The number of likely N-dealkylation sites (tertiary alicyclic amines) is 1. The summed E-state index contributed by atoms with van der Waals surface area (Å²) in [4.78, 5) is 41.0. The van der Waals surface area contributed by atoms with Crippen molar-refractivity contribution in [1.29, 1.82) is 0 Å². The minimum Gasteiger partial charge on any atom is -0.481 e. The third kappa shape index (κ3) is 8.29. The quantitative estimate of drug-likeness (QED) is 0.267. The Kier molecular flexibility index (Phi) is 11.7. The fraction of sp³-hybridized carbons (Fsp3) is 0.516. The van der Waals surface area contributed by atoms with Crippen molar-refractivity contribution in [2.75, 3.05) is 18.9 Å². The monoisotopic (exact) mass is 653 g/mol. The van der Waals surface area contributed by atoms with Crippen LogP contribution >= 0.6 is 23.2 Å². The second-order valence-corrected chi connectivity index (χ2v) is 15.7. The maximum Gasteiger partial charge on any atom is 0.349 e. The molecule has 1 unspecified atom stereocenters. The zero-order valence-electron chi connectivity index (χ0n) is 25.1. The van der Waals surface area contributed by atoms with Gasteiger partial charge in [-0.25, -0.2) is 9.00 Å². The molecule has 3 rings (SSSR count). The Morgan fingerprint density at radius 1 is 1.09 bits per heavy atom. The first-order valence-corrected chi connectivity index (χ1v) is 16.8. The lowest BCUT2D eigenvalue weighted by molar-refractivity contribution is -0.161. The number of hydrogen-bond acceptors (Lipinski definition) is 5. The van der Waals surface area contributed by atoms with Crippen LogP contribution in [0.5, 0.6) is 0 Å². The number of carboxylic acid groups (broad SMARTS) is 1. The molecule has 1 aliphatic heterocycles. The van der Waals surface area contributed by atoms with Crippen molar-refractivity contribution in [2.24, 2.45) is 15.7 Å². The number of aliphatic hydroxyl groups excluding tert-OH is 1. The highest BCUT2D eigenvalue weighted by atomic mass is 35.5. The fourth-order valence-corrected chi connectivity index (χ4v) is 8.13.